The van der Waals surface area contributed by atoms with Crippen molar-refractivity contribution in [3.05, 3.63) is 90.3 Å². The number of alkyl halides is 3. The molecule has 0 aliphatic rings. The van der Waals surface area contributed by atoms with Crippen LogP contribution >= 0.6 is 11.8 Å². The zero-order valence-corrected chi connectivity index (χ0v) is 25.1. The Morgan fingerprint density at radius 1 is 1.07 bits per heavy atom. The molecule has 0 fully saturated rings. The molecule has 0 saturated carbocycles. The van der Waals surface area contributed by atoms with Crippen LogP contribution in [0.3, 0.4) is 0 Å². The third kappa shape index (κ3) is 9.37. The molecule has 0 spiro atoms. The third-order valence-electron chi connectivity index (χ3n) is 6.25. The van der Waals surface area contributed by atoms with Crippen LogP contribution in [0.15, 0.2) is 84.1 Å². The summed E-state index contributed by atoms with van der Waals surface area (Å²) in [6, 6.07) is 20.1. The number of aliphatic imine (C=N–C) groups is 1. The van der Waals surface area contributed by atoms with E-state index >= 15 is 0 Å². The summed E-state index contributed by atoms with van der Waals surface area (Å²) in [5.41, 5.74) is 4.13. The number of terminal acetylenes is 1. The van der Waals surface area contributed by atoms with Crippen molar-refractivity contribution in [2.45, 2.75) is 45.5 Å². The predicted molar refractivity (Wildman–Crippen MR) is 167 cm³/mol. The van der Waals surface area contributed by atoms with Gasteiger partial charge in [0.15, 0.2) is 11.0 Å². The molecule has 0 aliphatic carbocycles. The first kappa shape index (κ1) is 32.2. The van der Waals surface area contributed by atoms with E-state index in [0.717, 1.165) is 22.4 Å². The number of ether oxygens (including phenoxy) is 1. The Bertz CT molecular complexity index is 1630. The lowest BCUT2D eigenvalue weighted by Gasteiger charge is -2.16. The molecule has 228 valence electrons. The summed E-state index contributed by atoms with van der Waals surface area (Å²) in [7, 11) is 0. The maximum atomic E-state index is 12.8. The lowest BCUT2D eigenvalue weighted by molar-refractivity contribution is -0.274. The van der Waals surface area contributed by atoms with Crippen LogP contribution in [0.4, 0.5) is 23.7 Å². The number of aromatic nitrogens is 3. The van der Waals surface area contributed by atoms with Gasteiger partial charge in [0, 0.05) is 11.6 Å². The first-order valence-corrected chi connectivity index (χ1v) is 14.7. The first-order valence-electron chi connectivity index (χ1n) is 13.7. The van der Waals surface area contributed by atoms with Gasteiger partial charge >= 0.3 is 12.4 Å². The monoisotopic (exact) mass is 620 g/mol. The molecule has 8 nitrogen and oxygen atoms in total. The van der Waals surface area contributed by atoms with Crippen LogP contribution in [0.2, 0.25) is 0 Å². The minimum absolute atomic E-state index is 0.190. The number of nitrogens with one attached hydrogen (secondary N) is 2. The molecule has 0 aliphatic heterocycles. The second-order valence-electron chi connectivity index (χ2n) is 10.1. The molecule has 1 atom stereocenters. The number of hydrogen-bond acceptors (Lipinski definition) is 6. The van der Waals surface area contributed by atoms with Gasteiger partial charge < -0.3 is 10.1 Å². The van der Waals surface area contributed by atoms with Gasteiger partial charge in [0.1, 0.15) is 12.1 Å². The molecule has 12 heteroatoms. The summed E-state index contributed by atoms with van der Waals surface area (Å²) in [5.74, 6) is 3.33. The highest BCUT2D eigenvalue weighted by Gasteiger charge is 2.31. The first-order chi connectivity index (χ1) is 21.0. The second-order valence-corrected chi connectivity index (χ2v) is 11.0. The minimum atomic E-state index is -4.76. The Hall–Kier alpha value is -4.76. The van der Waals surface area contributed by atoms with Gasteiger partial charge in [-0.15, -0.1) is 24.7 Å². The van der Waals surface area contributed by atoms with Crippen molar-refractivity contribution in [1.29, 1.82) is 0 Å². The molecule has 4 aromatic rings. The molecule has 4 rings (SSSR count). The SMILES string of the molecule is C#CCSC(=Nc1ccccc1C(C)C)NC(=O)NC(C)Cc1ccc(-c2ncn(-c3ccc(OC(F)(F)F)cc3)n2)cc1. The number of amides is 2. The predicted octanol–water partition coefficient (Wildman–Crippen LogP) is 7.24. The Morgan fingerprint density at radius 3 is 2.43 bits per heavy atom. The number of amidine groups is 1. The van der Waals surface area contributed by atoms with Crippen molar-refractivity contribution in [2.24, 2.45) is 4.99 Å². The Kier molecular flexibility index (Phi) is 10.7. The molecule has 1 unspecified atom stereocenters. The van der Waals surface area contributed by atoms with Gasteiger partial charge in [-0.1, -0.05) is 74.0 Å². The average molecular weight is 621 g/mol. The molecule has 0 radical (unpaired) electrons. The van der Waals surface area contributed by atoms with E-state index in [1.165, 1.54) is 47.0 Å². The van der Waals surface area contributed by atoms with Gasteiger partial charge in [0.2, 0.25) is 0 Å². The summed E-state index contributed by atoms with van der Waals surface area (Å²) < 4.78 is 42.6. The second kappa shape index (κ2) is 14.6. The van der Waals surface area contributed by atoms with E-state index in [0.29, 0.717) is 28.9 Å². The average Bonchev–Trinajstić information content (AvgIpc) is 3.46. The van der Waals surface area contributed by atoms with E-state index in [1.807, 2.05) is 55.5 Å². The quantitative estimate of drug-likeness (QED) is 0.117. The van der Waals surface area contributed by atoms with Crippen LogP contribution in [0.25, 0.3) is 17.1 Å². The number of hydrogen-bond donors (Lipinski definition) is 2. The fraction of sp³-hybridized carbons (Fsp3) is 0.250. The van der Waals surface area contributed by atoms with Gasteiger partial charge in [-0.05, 0) is 60.7 Å². The maximum Gasteiger partial charge on any atom is 0.573 e. The Labute approximate surface area is 258 Å². The van der Waals surface area contributed by atoms with Crippen LogP contribution in [0.1, 0.15) is 37.8 Å². The molecular weight excluding hydrogens is 589 g/mol. The van der Waals surface area contributed by atoms with Crippen molar-refractivity contribution in [3.8, 4) is 35.2 Å². The number of nitrogens with zero attached hydrogens (tertiary/aromatic N) is 4. The number of rotatable bonds is 9. The van der Waals surface area contributed by atoms with Crippen molar-refractivity contribution < 1.29 is 22.7 Å². The number of halogens is 3. The van der Waals surface area contributed by atoms with Gasteiger partial charge in [-0.25, -0.2) is 19.5 Å². The molecule has 44 heavy (non-hydrogen) atoms. The number of carbonyl (C=O) groups excluding carboxylic acids is 1. The zero-order valence-electron chi connectivity index (χ0n) is 24.3. The van der Waals surface area contributed by atoms with Gasteiger partial charge in [0.25, 0.3) is 0 Å². The highest BCUT2D eigenvalue weighted by Crippen LogP contribution is 2.27. The number of para-hydroxylation sites is 1. The maximum absolute atomic E-state index is 12.8. The Morgan fingerprint density at radius 2 is 1.77 bits per heavy atom. The van der Waals surface area contributed by atoms with Crippen LogP contribution in [0.5, 0.6) is 5.75 Å². The van der Waals surface area contributed by atoms with E-state index in [1.54, 1.807) is 0 Å². The Balaban J connectivity index is 1.35. The summed E-state index contributed by atoms with van der Waals surface area (Å²) in [4.78, 5) is 21.8. The minimum Gasteiger partial charge on any atom is -0.406 e. The topological polar surface area (TPSA) is 93.4 Å². The normalized spacial score (nSPS) is 12.5. The lowest BCUT2D eigenvalue weighted by Crippen LogP contribution is -2.43. The van der Waals surface area contributed by atoms with E-state index in [4.69, 9.17) is 6.42 Å². The molecule has 0 bridgehead atoms. The number of carbonyl (C=O) groups is 1. The van der Waals surface area contributed by atoms with Crippen LogP contribution in [-0.2, 0) is 6.42 Å². The molecule has 1 heterocycles. The number of benzene rings is 3. The van der Waals surface area contributed by atoms with Crippen LogP contribution in [-0.4, -0.2) is 44.1 Å². The fourth-order valence-corrected chi connectivity index (χ4v) is 4.81. The van der Waals surface area contributed by atoms with Crippen molar-refractivity contribution in [1.82, 2.24) is 25.4 Å². The van der Waals surface area contributed by atoms with E-state index in [9.17, 15) is 18.0 Å². The van der Waals surface area contributed by atoms with Crippen LogP contribution < -0.4 is 15.4 Å². The molecule has 1 aromatic heterocycles. The van der Waals surface area contributed by atoms with Crippen molar-refractivity contribution >= 4 is 28.6 Å². The summed E-state index contributed by atoms with van der Waals surface area (Å²) in [5, 5.41) is 10.6. The largest absolute Gasteiger partial charge is 0.573 e. The highest BCUT2D eigenvalue weighted by molar-refractivity contribution is 8.14. The van der Waals surface area contributed by atoms with Crippen LogP contribution in [0, 0.1) is 12.3 Å². The lowest BCUT2D eigenvalue weighted by atomic mass is 10.0. The van der Waals surface area contributed by atoms with E-state index in [2.05, 4.69) is 50.2 Å². The number of thioether (sulfide) groups is 1. The smallest absolute Gasteiger partial charge is 0.406 e. The van der Waals surface area contributed by atoms with E-state index < -0.39 is 6.36 Å². The summed E-state index contributed by atoms with van der Waals surface area (Å²) in [6.45, 7) is 6.08. The third-order valence-corrected chi connectivity index (χ3v) is 7.03. The molecular formula is C32H31F3N6O2S. The summed E-state index contributed by atoms with van der Waals surface area (Å²) >= 11 is 1.28. The summed E-state index contributed by atoms with van der Waals surface area (Å²) in [6.07, 6.45) is 2.74. The molecule has 0 saturated heterocycles. The van der Waals surface area contributed by atoms with E-state index in [-0.39, 0.29) is 23.7 Å². The zero-order chi connectivity index (χ0) is 31.7. The highest BCUT2D eigenvalue weighted by atomic mass is 32.2. The van der Waals surface area contributed by atoms with Crippen molar-refractivity contribution in [3.63, 3.8) is 0 Å². The van der Waals surface area contributed by atoms with Crippen molar-refractivity contribution in [2.75, 3.05) is 5.75 Å². The van der Waals surface area contributed by atoms with Gasteiger partial charge in [0.05, 0.1) is 17.1 Å². The molecule has 2 N–H and O–H groups in total. The van der Waals surface area contributed by atoms with Gasteiger partial charge in [-0.2, -0.15) is 0 Å². The molecule has 2 amide bonds. The number of urea groups is 1. The standard InChI is InChI=1S/C32H31F3N6O2S/c1-5-18-44-31(38-28-9-7-6-8-27(28)21(2)3)39-30(42)37-22(4)19-23-10-12-24(13-11-23)29-36-20-41(40-29)25-14-16-26(17-15-25)43-32(33,34)35/h1,6-17,20-22H,18-19H2,2-4H3,(H2,37,38,39,42). The fourth-order valence-electron chi connectivity index (χ4n) is 4.27. The molecule has 3 aromatic carbocycles. The van der Waals surface area contributed by atoms with Gasteiger partial charge in [-0.3, -0.25) is 5.32 Å².